The van der Waals surface area contributed by atoms with Crippen molar-refractivity contribution in [3.05, 3.63) is 34.6 Å². The molecule has 22 heavy (non-hydrogen) atoms. The molecular formula is C16H15NO5. The molecule has 6 heteroatoms. The Bertz CT molecular complexity index is 758. The molecule has 0 atom stereocenters. The van der Waals surface area contributed by atoms with E-state index in [1.807, 2.05) is 0 Å². The maximum absolute atomic E-state index is 12.6. The maximum atomic E-state index is 12.6. The number of rotatable bonds is 2. The van der Waals surface area contributed by atoms with Crippen molar-refractivity contribution in [1.82, 2.24) is 0 Å². The fourth-order valence-corrected chi connectivity index (χ4v) is 2.87. The predicted molar refractivity (Wildman–Crippen MR) is 78.6 cm³/mol. The quantitative estimate of drug-likeness (QED) is 0.645. The summed E-state index contributed by atoms with van der Waals surface area (Å²) in [6, 6.07) is 2.81. The van der Waals surface area contributed by atoms with E-state index in [0.717, 1.165) is 17.7 Å². The molecule has 0 spiro atoms. The number of imide groups is 1. The van der Waals surface area contributed by atoms with Gasteiger partial charge in [-0.25, -0.2) is 9.69 Å². The molecule has 0 radical (unpaired) electrons. The molecule has 1 aliphatic carbocycles. The first-order valence-electron chi connectivity index (χ1n) is 7.00. The van der Waals surface area contributed by atoms with Crippen molar-refractivity contribution >= 4 is 29.0 Å². The third-order valence-corrected chi connectivity index (χ3v) is 4.12. The smallest absolute Gasteiger partial charge is 0.335 e. The van der Waals surface area contributed by atoms with Gasteiger partial charge in [-0.1, -0.05) is 0 Å². The van der Waals surface area contributed by atoms with Crippen LogP contribution in [0.1, 0.15) is 41.3 Å². The largest absolute Gasteiger partial charge is 0.511 e. The van der Waals surface area contributed by atoms with Gasteiger partial charge in [-0.2, -0.15) is 0 Å². The van der Waals surface area contributed by atoms with E-state index in [1.165, 1.54) is 19.1 Å². The topological polar surface area (TPSA) is 94.9 Å². The molecule has 2 N–H and O–H groups in total. The van der Waals surface area contributed by atoms with Crippen LogP contribution in [-0.4, -0.2) is 28.0 Å². The number of amides is 2. The molecule has 1 aromatic carbocycles. The van der Waals surface area contributed by atoms with Crippen molar-refractivity contribution in [2.24, 2.45) is 5.92 Å². The van der Waals surface area contributed by atoms with Crippen LogP contribution in [0.5, 0.6) is 0 Å². The molecule has 1 aliphatic heterocycles. The summed E-state index contributed by atoms with van der Waals surface area (Å²) < 4.78 is 0. The van der Waals surface area contributed by atoms with Crippen LogP contribution in [0.15, 0.2) is 17.9 Å². The van der Waals surface area contributed by atoms with Crippen LogP contribution in [0.3, 0.4) is 0 Å². The van der Waals surface area contributed by atoms with E-state index in [0.29, 0.717) is 16.8 Å². The molecular weight excluding hydrogens is 286 g/mol. The van der Waals surface area contributed by atoms with Crippen molar-refractivity contribution in [3.63, 3.8) is 0 Å². The fourth-order valence-electron chi connectivity index (χ4n) is 2.87. The Balaban J connectivity index is 2.32. The Kier molecular flexibility index (Phi) is 3.05. The molecule has 3 rings (SSSR count). The monoisotopic (exact) mass is 301 g/mol. The molecule has 0 bridgehead atoms. The summed E-state index contributed by atoms with van der Waals surface area (Å²) in [7, 11) is 0. The van der Waals surface area contributed by atoms with Crippen molar-refractivity contribution in [2.75, 3.05) is 4.90 Å². The van der Waals surface area contributed by atoms with Gasteiger partial charge in [0.2, 0.25) is 5.91 Å². The average Bonchev–Trinajstić information content (AvgIpc) is 3.21. The highest BCUT2D eigenvalue weighted by Crippen LogP contribution is 2.46. The first kappa shape index (κ1) is 14.3. The van der Waals surface area contributed by atoms with Gasteiger partial charge in [0.1, 0.15) is 5.76 Å². The minimum Gasteiger partial charge on any atom is -0.511 e. The van der Waals surface area contributed by atoms with Crippen LogP contribution >= 0.6 is 0 Å². The average molecular weight is 301 g/mol. The lowest BCUT2D eigenvalue weighted by Crippen LogP contribution is -2.31. The minimum atomic E-state index is -1.11. The lowest BCUT2D eigenvalue weighted by Gasteiger charge is -2.13. The summed E-state index contributed by atoms with van der Waals surface area (Å²) >= 11 is 0. The third kappa shape index (κ3) is 1.91. The summed E-state index contributed by atoms with van der Waals surface area (Å²) in [5.74, 6) is -2.28. The number of allylic oxidation sites excluding steroid dienone is 1. The third-order valence-electron chi connectivity index (χ3n) is 4.12. The first-order valence-corrected chi connectivity index (χ1v) is 7.00. The highest BCUT2D eigenvalue weighted by molar-refractivity contribution is 6.40. The van der Waals surface area contributed by atoms with E-state index >= 15 is 0 Å². The molecule has 0 unspecified atom stereocenters. The second kappa shape index (κ2) is 4.69. The van der Waals surface area contributed by atoms with Gasteiger partial charge in [-0.3, -0.25) is 9.59 Å². The second-order valence-electron chi connectivity index (χ2n) is 5.63. The number of carboxylic acids is 1. The zero-order chi connectivity index (χ0) is 16.2. The van der Waals surface area contributed by atoms with Crippen molar-refractivity contribution in [2.45, 2.75) is 26.7 Å². The Morgan fingerprint density at radius 3 is 2.36 bits per heavy atom. The number of carboxylic acid groups (broad SMARTS) is 1. The second-order valence-corrected chi connectivity index (χ2v) is 5.63. The van der Waals surface area contributed by atoms with Crippen LogP contribution in [0.4, 0.5) is 5.69 Å². The Morgan fingerprint density at radius 2 is 1.86 bits per heavy atom. The molecule has 114 valence electrons. The number of nitrogens with zero attached hydrogens (tertiary/aromatic N) is 1. The molecule has 1 saturated carbocycles. The molecule has 1 heterocycles. The number of aliphatic hydroxyl groups excluding tert-OH is 1. The maximum Gasteiger partial charge on any atom is 0.335 e. The Morgan fingerprint density at radius 1 is 1.23 bits per heavy atom. The Hall–Kier alpha value is -2.63. The highest BCUT2D eigenvalue weighted by atomic mass is 16.4. The number of carbonyl (C=O) groups is 3. The highest BCUT2D eigenvalue weighted by Gasteiger charge is 2.42. The van der Waals surface area contributed by atoms with E-state index in [9.17, 15) is 24.6 Å². The van der Waals surface area contributed by atoms with Gasteiger partial charge in [0, 0.05) is 18.4 Å². The molecule has 0 saturated heterocycles. The van der Waals surface area contributed by atoms with Crippen LogP contribution in [0.2, 0.25) is 0 Å². The van der Waals surface area contributed by atoms with Gasteiger partial charge >= 0.3 is 5.97 Å². The Labute approximate surface area is 126 Å². The summed E-state index contributed by atoms with van der Waals surface area (Å²) in [6.45, 7) is 2.85. The van der Waals surface area contributed by atoms with Crippen LogP contribution in [0, 0.1) is 12.8 Å². The van der Waals surface area contributed by atoms with E-state index in [4.69, 9.17) is 0 Å². The SMILES string of the molecule is CC(=O)N1C(=O)C(=C(O)C2CC2)c2c1ccc(C(=O)O)c2C. The predicted octanol–water partition coefficient (Wildman–Crippen LogP) is 2.27. The summed E-state index contributed by atoms with van der Waals surface area (Å²) in [4.78, 5) is 36.6. The van der Waals surface area contributed by atoms with E-state index < -0.39 is 17.8 Å². The molecule has 6 nitrogen and oxygen atoms in total. The summed E-state index contributed by atoms with van der Waals surface area (Å²) in [5.41, 5.74) is 1.18. The number of aromatic carboxylic acids is 1. The standard InChI is InChI=1S/C16H15NO5/c1-7-10(16(21)22)5-6-11-12(7)13(14(19)9-3-4-9)15(20)17(11)8(2)18/h5-6,9,19H,3-4H2,1-2H3,(H,21,22). The minimum absolute atomic E-state index is 0.0411. The van der Waals surface area contributed by atoms with Gasteiger partial charge in [0.05, 0.1) is 16.8 Å². The first-order chi connectivity index (χ1) is 10.3. The summed E-state index contributed by atoms with van der Waals surface area (Å²) in [6.07, 6.45) is 1.57. The van der Waals surface area contributed by atoms with Crippen LogP contribution in [0.25, 0.3) is 5.57 Å². The van der Waals surface area contributed by atoms with Crippen LogP contribution in [-0.2, 0) is 9.59 Å². The van der Waals surface area contributed by atoms with E-state index in [1.54, 1.807) is 6.92 Å². The number of hydrogen-bond donors (Lipinski definition) is 2. The van der Waals surface area contributed by atoms with Crippen LogP contribution < -0.4 is 4.90 Å². The number of fused-ring (bicyclic) bond motifs is 1. The number of carbonyl (C=O) groups excluding carboxylic acids is 2. The fraction of sp³-hybridized carbons (Fsp3) is 0.312. The van der Waals surface area contributed by atoms with Crippen molar-refractivity contribution in [3.8, 4) is 0 Å². The van der Waals surface area contributed by atoms with E-state index in [-0.39, 0.29) is 22.8 Å². The van der Waals surface area contributed by atoms with Gasteiger partial charge in [-0.15, -0.1) is 0 Å². The number of anilines is 1. The lowest BCUT2D eigenvalue weighted by molar-refractivity contribution is -0.122. The molecule has 0 aromatic heterocycles. The molecule has 1 fully saturated rings. The van der Waals surface area contributed by atoms with E-state index in [2.05, 4.69) is 0 Å². The number of benzene rings is 1. The lowest BCUT2D eigenvalue weighted by atomic mass is 9.95. The normalized spacial score (nSPS) is 19.2. The molecule has 1 aromatic rings. The number of aliphatic hydroxyl groups is 1. The zero-order valence-corrected chi connectivity index (χ0v) is 12.2. The van der Waals surface area contributed by atoms with Crippen molar-refractivity contribution < 1.29 is 24.6 Å². The van der Waals surface area contributed by atoms with Gasteiger partial charge < -0.3 is 10.2 Å². The zero-order valence-electron chi connectivity index (χ0n) is 12.2. The van der Waals surface area contributed by atoms with Crippen molar-refractivity contribution in [1.29, 1.82) is 0 Å². The number of hydrogen-bond acceptors (Lipinski definition) is 4. The molecule has 2 amide bonds. The summed E-state index contributed by atoms with van der Waals surface area (Å²) in [5, 5.41) is 19.6. The van der Waals surface area contributed by atoms with Gasteiger partial charge in [0.15, 0.2) is 0 Å². The van der Waals surface area contributed by atoms with Gasteiger partial charge in [-0.05, 0) is 37.5 Å². The van der Waals surface area contributed by atoms with Gasteiger partial charge in [0.25, 0.3) is 5.91 Å². The molecule has 2 aliphatic rings.